The highest BCUT2D eigenvalue weighted by molar-refractivity contribution is 9.09. The Kier molecular flexibility index (Phi) is 2.68. The number of amides is 1. The fourth-order valence-corrected chi connectivity index (χ4v) is 5.35. The van der Waals surface area contributed by atoms with Crippen molar-refractivity contribution < 1.29 is 19.1 Å². The Hall–Kier alpha value is -0.620. The molecule has 0 N–H and O–H groups in total. The number of fused-ring (bicyclic) bond motifs is 1. The van der Waals surface area contributed by atoms with E-state index in [-0.39, 0.29) is 46.5 Å². The number of halogens is 1. The molecule has 0 aromatic heterocycles. The van der Waals surface area contributed by atoms with E-state index in [0.29, 0.717) is 26.3 Å². The van der Waals surface area contributed by atoms with Gasteiger partial charge in [-0.05, 0) is 12.3 Å². The Bertz CT molecular complexity index is 436. The molecule has 1 amide bonds. The van der Waals surface area contributed by atoms with Gasteiger partial charge in [-0.2, -0.15) is 0 Å². The molecule has 2 aliphatic heterocycles. The molecule has 2 bridgehead atoms. The second-order valence-electron chi connectivity index (χ2n) is 5.90. The van der Waals surface area contributed by atoms with Crippen LogP contribution in [-0.4, -0.2) is 54.0 Å². The second-order valence-corrected chi connectivity index (χ2v) is 6.96. The molecule has 2 heterocycles. The number of rotatable bonds is 1. The Morgan fingerprint density at radius 3 is 2.74 bits per heavy atom. The highest BCUT2D eigenvalue weighted by Crippen LogP contribution is 2.60. The summed E-state index contributed by atoms with van der Waals surface area (Å²) >= 11 is 3.64. The summed E-state index contributed by atoms with van der Waals surface area (Å²) in [5, 5.41) is 0. The SMILES string of the molecule is O=C1O[C@@H]2[C@H](Br)[C@H]3C[C@H]2[C@H]1[C@H]3C(=O)N1CCOCC1. The molecule has 19 heavy (non-hydrogen) atoms. The number of nitrogens with zero attached hydrogens (tertiary/aromatic N) is 1. The Labute approximate surface area is 119 Å². The van der Waals surface area contributed by atoms with E-state index in [4.69, 9.17) is 9.47 Å². The third-order valence-corrected chi connectivity index (χ3v) is 6.33. The minimum Gasteiger partial charge on any atom is -0.461 e. The van der Waals surface area contributed by atoms with Gasteiger partial charge in [0.15, 0.2) is 0 Å². The van der Waals surface area contributed by atoms with Gasteiger partial charge in [0.1, 0.15) is 6.10 Å². The van der Waals surface area contributed by atoms with Gasteiger partial charge in [-0.1, -0.05) is 15.9 Å². The van der Waals surface area contributed by atoms with Crippen molar-refractivity contribution >= 4 is 27.8 Å². The third kappa shape index (κ3) is 1.56. The van der Waals surface area contributed by atoms with Crippen molar-refractivity contribution in [3.63, 3.8) is 0 Å². The number of carbonyl (C=O) groups excluding carboxylic acids is 2. The zero-order valence-corrected chi connectivity index (χ0v) is 12.0. The van der Waals surface area contributed by atoms with Gasteiger partial charge in [0, 0.05) is 19.0 Å². The first-order chi connectivity index (χ1) is 9.18. The van der Waals surface area contributed by atoms with Crippen LogP contribution in [-0.2, 0) is 19.1 Å². The third-order valence-electron chi connectivity index (χ3n) is 5.13. The summed E-state index contributed by atoms with van der Waals surface area (Å²) in [7, 11) is 0. The van der Waals surface area contributed by atoms with Crippen molar-refractivity contribution in [2.24, 2.45) is 23.7 Å². The normalized spacial score (nSPS) is 47.6. The van der Waals surface area contributed by atoms with Gasteiger partial charge in [-0.25, -0.2) is 0 Å². The number of hydrogen-bond donors (Lipinski definition) is 0. The molecule has 0 unspecified atom stereocenters. The van der Waals surface area contributed by atoms with E-state index in [1.165, 1.54) is 0 Å². The Morgan fingerprint density at radius 2 is 2.00 bits per heavy atom. The molecule has 5 nitrogen and oxygen atoms in total. The maximum atomic E-state index is 12.7. The molecule has 6 heteroatoms. The summed E-state index contributed by atoms with van der Waals surface area (Å²) in [6.45, 7) is 2.49. The van der Waals surface area contributed by atoms with Crippen LogP contribution in [0.5, 0.6) is 0 Å². The van der Waals surface area contributed by atoms with Crippen molar-refractivity contribution in [2.45, 2.75) is 17.4 Å². The molecular formula is C13H16BrNO4. The summed E-state index contributed by atoms with van der Waals surface area (Å²) in [6, 6.07) is 0. The van der Waals surface area contributed by atoms with Crippen LogP contribution >= 0.6 is 15.9 Å². The quantitative estimate of drug-likeness (QED) is 0.516. The number of alkyl halides is 1. The van der Waals surface area contributed by atoms with Crippen molar-refractivity contribution in [1.82, 2.24) is 4.90 Å². The van der Waals surface area contributed by atoms with E-state index in [1.54, 1.807) is 0 Å². The Morgan fingerprint density at radius 1 is 1.26 bits per heavy atom. The van der Waals surface area contributed by atoms with Crippen LogP contribution in [0.2, 0.25) is 0 Å². The van der Waals surface area contributed by atoms with Crippen molar-refractivity contribution in [3.05, 3.63) is 0 Å². The van der Waals surface area contributed by atoms with Crippen LogP contribution in [0.3, 0.4) is 0 Å². The standard InChI is InChI=1S/C13H16BrNO4/c14-10-6-5-7-9(13(17)19-11(7)10)8(6)12(16)15-1-3-18-4-2-15/h6-11H,1-5H2/t6-,7-,8-,9-,10+,11-/m0/s1. The number of ether oxygens (including phenoxy) is 2. The number of carbonyl (C=O) groups is 2. The lowest BCUT2D eigenvalue weighted by molar-refractivity contribution is -0.149. The molecule has 104 valence electrons. The zero-order chi connectivity index (χ0) is 13.1. The molecule has 6 atom stereocenters. The number of morpholine rings is 1. The van der Waals surface area contributed by atoms with Crippen molar-refractivity contribution in [2.75, 3.05) is 26.3 Å². The first-order valence-electron chi connectivity index (χ1n) is 6.89. The summed E-state index contributed by atoms with van der Waals surface area (Å²) in [6.07, 6.45) is 0.939. The highest BCUT2D eigenvalue weighted by Gasteiger charge is 2.68. The van der Waals surface area contributed by atoms with Gasteiger partial charge in [0.2, 0.25) is 5.91 Å². The van der Waals surface area contributed by atoms with E-state index in [1.807, 2.05) is 4.90 Å². The molecule has 0 radical (unpaired) electrons. The molecule has 4 rings (SSSR count). The monoisotopic (exact) mass is 329 g/mol. The van der Waals surface area contributed by atoms with Crippen LogP contribution in [0.15, 0.2) is 0 Å². The van der Waals surface area contributed by atoms with E-state index >= 15 is 0 Å². The van der Waals surface area contributed by atoms with Crippen LogP contribution in [0.4, 0.5) is 0 Å². The largest absolute Gasteiger partial charge is 0.461 e. The molecule has 2 saturated carbocycles. The second kappa shape index (κ2) is 4.19. The van der Waals surface area contributed by atoms with Crippen LogP contribution in [0, 0.1) is 23.7 Å². The average molecular weight is 330 g/mol. The fourth-order valence-electron chi connectivity index (χ4n) is 4.30. The lowest BCUT2D eigenvalue weighted by Crippen LogP contribution is -2.49. The van der Waals surface area contributed by atoms with Crippen LogP contribution in [0.25, 0.3) is 0 Å². The minimum atomic E-state index is -0.195. The summed E-state index contributed by atoms with van der Waals surface area (Å²) in [5.41, 5.74) is 0. The van der Waals surface area contributed by atoms with E-state index in [2.05, 4.69) is 15.9 Å². The highest BCUT2D eigenvalue weighted by atomic mass is 79.9. The van der Waals surface area contributed by atoms with Crippen molar-refractivity contribution in [1.29, 1.82) is 0 Å². The first-order valence-corrected chi connectivity index (χ1v) is 7.81. The molecule has 4 fully saturated rings. The van der Waals surface area contributed by atoms with Gasteiger partial charge in [-0.15, -0.1) is 0 Å². The minimum absolute atomic E-state index is 0.00348. The predicted molar refractivity (Wildman–Crippen MR) is 68.6 cm³/mol. The van der Waals surface area contributed by atoms with Gasteiger partial charge in [0.05, 0.1) is 29.9 Å². The van der Waals surface area contributed by atoms with Gasteiger partial charge < -0.3 is 14.4 Å². The summed E-state index contributed by atoms with van der Waals surface area (Å²) in [4.78, 5) is 26.7. The van der Waals surface area contributed by atoms with Gasteiger partial charge >= 0.3 is 5.97 Å². The van der Waals surface area contributed by atoms with Crippen molar-refractivity contribution in [3.8, 4) is 0 Å². The molecule has 4 aliphatic rings. The topological polar surface area (TPSA) is 55.8 Å². The molecule has 2 aliphatic carbocycles. The van der Waals surface area contributed by atoms with E-state index in [9.17, 15) is 9.59 Å². The smallest absolute Gasteiger partial charge is 0.310 e. The summed E-state index contributed by atoms with van der Waals surface area (Å²) in [5.74, 6) is 0.0881. The average Bonchev–Trinajstić information content (AvgIpc) is 3.03. The molecule has 2 saturated heterocycles. The first kappa shape index (κ1) is 12.1. The van der Waals surface area contributed by atoms with Crippen LogP contribution in [0.1, 0.15) is 6.42 Å². The van der Waals surface area contributed by atoms with Gasteiger partial charge in [0.25, 0.3) is 0 Å². The Balaban J connectivity index is 1.61. The maximum absolute atomic E-state index is 12.7. The van der Waals surface area contributed by atoms with Gasteiger partial charge in [-0.3, -0.25) is 9.59 Å². The number of hydrogen-bond acceptors (Lipinski definition) is 4. The fraction of sp³-hybridized carbons (Fsp3) is 0.846. The zero-order valence-electron chi connectivity index (χ0n) is 10.5. The number of esters is 1. The van der Waals surface area contributed by atoms with E-state index < -0.39 is 0 Å². The molecule has 0 aromatic carbocycles. The lowest BCUT2D eigenvalue weighted by atomic mass is 9.79. The predicted octanol–water partition coefficient (Wildman–Crippen LogP) is 0.416. The van der Waals surface area contributed by atoms with E-state index in [0.717, 1.165) is 6.42 Å². The molecule has 0 spiro atoms. The van der Waals surface area contributed by atoms with Crippen LogP contribution < -0.4 is 0 Å². The molecule has 0 aromatic rings. The maximum Gasteiger partial charge on any atom is 0.310 e. The summed E-state index contributed by atoms with van der Waals surface area (Å²) < 4.78 is 10.7. The molecular weight excluding hydrogens is 314 g/mol. The lowest BCUT2D eigenvalue weighted by Gasteiger charge is -2.34.